The molecule has 0 aromatic heterocycles. The molecule has 72 valence electrons. The first-order valence-electron chi connectivity index (χ1n) is 3.74. The molecule has 2 amide bonds. The lowest BCUT2D eigenvalue weighted by atomic mass is 10.3. The number of hydrogen-bond donors (Lipinski definition) is 3. The summed E-state index contributed by atoms with van der Waals surface area (Å²) < 4.78 is 0. The molecule has 5 nitrogen and oxygen atoms in total. The van der Waals surface area contributed by atoms with Gasteiger partial charge in [-0.05, 0) is 13.8 Å². The fraction of sp³-hybridized carbons (Fsp3) is 0.500. The van der Waals surface area contributed by atoms with Crippen LogP contribution >= 0.6 is 0 Å². The van der Waals surface area contributed by atoms with E-state index in [-0.39, 0.29) is 6.54 Å². The van der Waals surface area contributed by atoms with Gasteiger partial charge in [0.25, 0.3) is 0 Å². The van der Waals surface area contributed by atoms with Crippen molar-refractivity contribution in [3.63, 3.8) is 0 Å². The summed E-state index contributed by atoms with van der Waals surface area (Å²) in [5, 5.41) is 13.0. The van der Waals surface area contributed by atoms with Gasteiger partial charge in [-0.1, -0.05) is 5.92 Å². The molecule has 13 heavy (non-hydrogen) atoms. The number of carbonyl (C=O) groups is 2. The highest BCUT2D eigenvalue weighted by Crippen LogP contribution is 1.79. The molecular weight excluding hydrogens is 172 g/mol. The zero-order chi connectivity index (χ0) is 10.3. The summed E-state index contributed by atoms with van der Waals surface area (Å²) in [7, 11) is 0. The van der Waals surface area contributed by atoms with Gasteiger partial charge in [-0.2, -0.15) is 0 Å². The third-order valence-electron chi connectivity index (χ3n) is 1.23. The maximum Gasteiger partial charge on any atom is 0.325 e. The van der Waals surface area contributed by atoms with E-state index in [9.17, 15) is 9.59 Å². The van der Waals surface area contributed by atoms with Gasteiger partial charge in [0, 0.05) is 0 Å². The molecule has 0 unspecified atom stereocenters. The van der Waals surface area contributed by atoms with Gasteiger partial charge in [-0.25, -0.2) is 4.79 Å². The lowest BCUT2D eigenvalue weighted by Gasteiger charge is -2.08. The van der Waals surface area contributed by atoms with Crippen molar-refractivity contribution in [1.82, 2.24) is 10.6 Å². The van der Waals surface area contributed by atoms with Crippen LogP contribution in [-0.2, 0) is 4.79 Å². The van der Waals surface area contributed by atoms with Gasteiger partial charge < -0.3 is 15.7 Å². The van der Waals surface area contributed by atoms with Crippen LogP contribution in [0.15, 0.2) is 0 Å². The number of carboxylic acids is 1. The number of rotatable bonds is 3. The summed E-state index contributed by atoms with van der Waals surface area (Å²) in [6.07, 6.45) is 0. The minimum atomic E-state index is -1.07. The van der Waals surface area contributed by atoms with E-state index in [1.165, 1.54) is 6.92 Å². The van der Waals surface area contributed by atoms with E-state index in [1.807, 2.05) is 0 Å². The standard InChI is InChI=1S/C8H12N2O3/c1-3-4-5-9-8(13)10-6(2)7(11)12/h6H,5H2,1-2H3,(H,11,12)(H2,9,10,13)/t6-/m0/s1. The molecule has 0 rings (SSSR count). The average Bonchev–Trinajstić information content (AvgIpc) is 2.04. The van der Waals surface area contributed by atoms with E-state index in [1.54, 1.807) is 6.92 Å². The van der Waals surface area contributed by atoms with Crippen molar-refractivity contribution in [1.29, 1.82) is 0 Å². The summed E-state index contributed by atoms with van der Waals surface area (Å²) >= 11 is 0. The van der Waals surface area contributed by atoms with Crippen LogP contribution in [0.1, 0.15) is 13.8 Å². The Kier molecular flexibility index (Phi) is 5.12. The van der Waals surface area contributed by atoms with Gasteiger partial charge in [-0.3, -0.25) is 4.79 Å². The summed E-state index contributed by atoms with van der Waals surface area (Å²) in [5.74, 6) is 4.13. The van der Waals surface area contributed by atoms with Crippen LogP contribution in [0.5, 0.6) is 0 Å². The molecule has 0 saturated carbocycles. The van der Waals surface area contributed by atoms with Crippen LogP contribution in [0, 0.1) is 11.8 Å². The predicted octanol–water partition coefficient (Wildman–Crippen LogP) is -0.218. The zero-order valence-corrected chi connectivity index (χ0v) is 7.55. The number of hydrogen-bond acceptors (Lipinski definition) is 2. The number of amides is 2. The molecule has 0 fully saturated rings. The van der Waals surface area contributed by atoms with Crippen LogP contribution in [0.25, 0.3) is 0 Å². The van der Waals surface area contributed by atoms with E-state index >= 15 is 0 Å². The first kappa shape index (κ1) is 11.3. The van der Waals surface area contributed by atoms with E-state index < -0.39 is 18.0 Å². The molecule has 0 spiro atoms. The first-order valence-corrected chi connectivity index (χ1v) is 3.74. The zero-order valence-electron chi connectivity index (χ0n) is 7.55. The summed E-state index contributed by atoms with van der Waals surface area (Å²) in [6.45, 7) is 3.25. The lowest BCUT2D eigenvalue weighted by Crippen LogP contribution is -2.44. The number of carboxylic acid groups (broad SMARTS) is 1. The van der Waals surface area contributed by atoms with Gasteiger partial charge in [0.2, 0.25) is 0 Å². The number of nitrogens with one attached hydrogen (secondary N) is 2. The number of urea groups is 1. The number of aliphatic carboxylic acids is 1. The highest BCUT2D eigenvalue weighted by molar-refractivity contribution is 5.82. The Morgan fingerprint density at radius 3 is 2.62 bits per heavy atom. The van der Waals surface area contributed by atoms with E-state index in [0.29, 0.717) is 0 Å². The molecule has 0 aromatic carbocycles. The highest BCUT2D eigenvalue weighted by Gasteiger charge is 2.12. The summed E-state index contributed by atoms with van der Waals surface area (Å²) in [6, 6.07) is -1.42. The molecule has 5 heteroatoms. The maximum atomic E-state index is 10.9. The Hall–Kier alpha value is -1.70. The van der Waals surface area contributed by atoms with Gasteiger partial charge in [-0.15, -0.1) is 5.92 Å². The van der Waals surface area contributed by atoms with Crippen LogP contribution in [-0.4, -0.2) is 29.7 Å². The molecule has 0 aliphatic heterocycles. The van der Waals surface area contributed by atoms with E-state index in [0.717, 1.165) is 0 Å². The van der Waals surface area contributed by atoms with E-state index in [4.69, 9.17) is 5.11 Å². The van der Waals surface area contributed by atoms with Gasteiger partial charge in [0.15, 0.2) is 0 Å². The van der Waals surface area contributed by atoms with Gasteiger partial charge in [0.1, 0.15) is 6.04 Å². The highest BCUT2D eigenvalue weighted by atomic mass is 16.4. The topological polar surface area (TPSA) is 78.4 Å². The molecule has 0 aliphatic rings. The van der Waals surface area contributed by atoms with Gasteiger partial charge in [0.05, 0.1) is 6.54 Å². The smallest absolute Gasteiger partial charge is 0.325 e. The Morgan fingerprint density at radius 2 is 2.15 bits per heavy atom. The normalized spacial score (nSPS) is 10.6. The van der Waals surface area contributed by atoms with E-state index in [2.05, 4.69) is 22.5 Å². The van der Waals surface area contributed by atoms with Crippen molar-refractivity contribution in [3.8, 4) is 11.8 Å². The van der Waals surface area contributed by atoms with Crippen molar-refractivity contribution in [2.45, 2.75) is 19.9 Å². The minimum absolute atomic E-state index is 0.217. The van der Waals surface area contributed by atoms with Crippen LogP contribution in [0.4, 0.5) is 4.79 Å². The molecule has 0 aliphatic carbocycles. The maximum absolute atomic E-state index is 10.9. The molecular formula is C8H12N2O3. The summed E-state index contributed by atoms with van der Waals surface area (Å²) in [5.41, 5.74) is 0. The van der Waals surface area contributed by atoms with Crippen molar-refractivity contribution in [3.05, 3.63) is 0 Å². The Labute approximate surface area is 76.5 Å². The Balaban J connectivity index is 3.72. The molecule has 0 bridgehead atoms. The number of carbonyl (C=O) groups excluding carboxylic acids is 1. The monoisotopic (exact) mass is 184 g/mol. The fourth-order valence-corrected chi connectivity index (χ4v) is 0.522. The molecule has 1 atom stereocenters. The van der Waals surface area contributed by atoms with Crippen molar-refractivity contribution < 1.29 is 14.7 Å². The van der Waals surface area contributed by atoms with Crippen LogP contribution < -0.4 is 10.6 Å². The largest absolute Gasteiger partial charge is 0.480 e. The Bertz CT molecular complexity index is 252. The lowest BCUT2D eigenvalue weighted by molar-refractivity contribution is -0.138. The second kappa shape index (κ2) is 5.89. The quantitative estimate of drug-likeness (QED) is 0.531. The second-order valence-electron chi connectivity index (χ2n) is 2.31. The third kappa shape index (κ3) is 5.56. The second-order valence-corrected chi connectivity index (χ2v) is 2.31. The first-order chi connectivity index (χ1) is 6.07. The minimum Gasteiger partial charge on any atom is -0.480 e. The molecule has 3 N–H and O–H groups in total. The van der Waals surface area contributed by atoms with Crippen molar-refractivity contribution in [2.24, 2.45) is 0 Å². The van der Waals surface area contributed by atoms with Gasteiger partial charge >= 0.3 is 12.0 Å². The molecule has 0 saturated heterocycles. The van der Waals surface area contributed by atoms with Crippen LogP contribution in [0.2, 0.25) is 0 Å². The predicted molar refractivity (Wildman–Crippen MR) is 47.1 cm³/mol. The molecule has 0 radical (unpaired) electrons. The van der Waals surface area contributed by atoms with Crippen LogP contribution in [0.3, 0.4) is 0 Å². The third-order valence-corrected chi connectivity index (χ3v) is 1.23. The molecule has 0 heterocycles. The fourth-order valence-electron chi connectivity index (χ4n) is 0.522. The summed E-state index contributed by atoms with van der Waals surface area (Å²) in [4.78, 5) is 21.2. The average molecular weight is 184 g/mol. The Morgan fingerprint density at radius 1 is 1.54 bits per heavy atom. The van der Waals surface area contributed by atoms with Crippen molar-refractivity contribution in [2.75, 3.05) is 6.54 Å². The van der Waals surface area contributed by atoms with Crippen molar-refractivity contribution >= 4 is 12.0 Å². The molecule has 0 aromatic rings. The SMILES string of the molecule is CC#CCNC(=O)N[C@@H](C)C(=O)O.